The minimum absolute atomic E-state index is 0.0515. The Morgan fingerprint density at radius 3 is 1.11 bits per heavy atom. The number of nitrogens with zero attached hydrogens (tertiary/aromatic N) is 1. The van der Waals surface area contributed by atoms with Gasteiger partial charge in [0.05, 0.1) is 27.7 Å². The summed E-state index contributed by atoms with van der Waals surface area (Å²) in [7, 11) is 1.10. The second-order valence-electron chi connectivity index (χ2n) is 19.9. The van der Waals surface area contributed by atoms with E-state index in [9.17, 15) is 19.0 Å². The van der Waals surface area contributed by atoms with Crippen LogP contribution in [0.1, 0.15) is 194 Å². The number of hydrogen-bond donors (Lipinski definition) is 0. The van der Waals surface area contributed by atoms with Gasteiger partial charge in [-0.2, -0.15) is 0 Å². The van der Waals surface area contributed by atoms with Gasteiger partial charge in [-0.25, -0.2) is 0 Å². The third kappa shape index (κ3) is 58.9. The molecule has 0 aliphatic rings. The molecule has 9 nitrogen and oxygen atoms in total. The number of allylic oxidation sites excluding steroid dienone is 26. The van der Waals surface area contributed by atoms with E-state index in [2.05, 4.69) is 160 Å². The zero-order valence-corrected chi connectivity index (χ0v) is 49.3. The molecule has 0 heterocycles. The first kappa shape index (κ1) is 71.6. The van der Waals surface area contributed by atoms with Crippen molar-refractivity contribution in [3.8, 4) is 0 Å². The number of carbonyl (C=O) groups excluding carboxylic acids is 2. The van der Waals surface area contributed by atoms with Crippen LogP contribution in [-0.4, -0.2) is 70.0 Å². The van der Waals surface area contributed by atoms with E-state index >= 15 is 0 Å². The van der Waals surface area contributed by atoms with E-state index in [0.29, 0.717) is 23.9 Å². The Bertz CT molecular complexity index is 1840. The van der Waals surface area contributed by atoms with Crippen LogP contribution in [0.15, 0.2) is 158 Å². The van der Waals surface area contributed by atoms with E-state index in [4.69, 9.17) is 18.5 Å². The third-order valence-electron chi connectivity index (χ3n) is 11.6. The number of phosphoric ester groups is 1. The van der Waals surface area contributed by atoms with Crippen LogP contribution in [0.2, 0.25) is 0 Å². The molecule has 0 aromatic carbocycles. The minimum Gasteiger partial charge on any atom is -0.756 e. The van der Waals surface area contributed by atoms with Crippen molar-refractivity contribution >= 4 is 19.8 Å². The van der Waals surface area contributed by atoms with E-state index in [1.807, 2.05) is 33.3 Å². The smallest absolute Gasteiger partial charge is 0.306 e. The molecule has 0 aliphatic carbocycles. The highest BCUT2D eigenvalue weighted by Crippen LogP contribution is 2.38. The predicted octanol–water partition coefficient (Wildman–Crippen LogP) is 17.8. The normalized spacial score (nSPS) is 14.4. The van der Waals surface area contributed by atoms with E-state index in [1.54, 1.807) is 0 Å². The van der Waals surface area contributed by atoms with E-state index < -0.39 is 32.5 Å². The molecular formula is C66H106NO8P. The number of carbonyl (C=O) groups is 2. The summed E-state index contributed by atoms with van der Waals surface area (Å²) in [6.07, 6.45) is 83.1. The maximum Gasteiger partial charge on any atom is 0.306 e. The Hall–Kier alpha value is -4.37. The fraction of sp³-hybridized carbons (Fsp3) is 0.576. The van der Waals surface area contributed by atoms with Gasteiger partial charge in [-0.1, -0.05) is 230 Å². The van der Waals surface area contributed by atoms with E-state index in [1.165, 1.54) is 44.9 Å². The van der Waals surface area contributed by atoms with Crippen molar-refractivity contribution in [2.24, 2.45) is 0 Å². The molecule has 0 radical (unpaired) electrons. The largest absolute Gasteiger partial charge is 0.756 e. The zero-order chi connectivity index (χ0) is 55.6. The zero-order valence-electron chi connectivity index (χ0n) is 48.4. The molecule has 0 saturated heterocycles. The van der Waals surface area contributed by atoms with Gasteiger partial charge < -0.3 is 27.9 Å². The maximum atomic E-state index is 12.8. The predicted molar refractivity (Wildman–Crippen MR) is 323 cm³/mol. The summed E-state index contributed by atoms with van der Waals surface area (Å²) in [5.41, 5.74) is 0. The number of hydrogen-bond acceptors (Lipinski definition) is 8. The lowest BCUT2D eigenvalue weighted by Crippen LogP contribution is -2.37. The van der Waals surface area contributed by atoms with Gasteiger partial charge in [0.25, 0.3) is 7.82 Å². The Morgan fingerprint density at radius 1 is 0.408 bits per heavy atom. The summed E-state index contributed by atoms with van der Waals surface area (Å²) in [5, 5.41) is 0. The molecular weight excluding hydrogens is 966 g/mol. The average molecular weight is 1070 g/mol. The average Bonchev–Trinajstić information content (AvgIpc) is 3.38. The topological polar surface area (TPSA) is 111 Å². The molecule has 428 valence electrons. The number of quaternary nitrogens is 1. The summed E-state index contributed by atoms with van der Waals surface area (Å²) in [6.45, 7) is 3.89. The molecule has 0 fully saturated rings. The van der Waals surface area contributed by atoms with Crippen molar-refractivity contribution in [3.63, 3.8) is 0 Å². The van der Waals surface area contributed by atoms with Crippen LogP contribution in [0, 0.1) is 0 Å². The lowest BCUT2D eigenvalue weighted by molar-refractivity contribution is -0.870. The maximum absolute atomic E-state index is 12.8. The highest BCUT2D eigenvalue weighted by Gasteiger charge is 2.21. The first-order chi connectivity index (χ1) is 37.0. The summed E-state index contributed by atoms with van der Waals surface area (Å²) in [4.78, 5) is 37.8. The summed E-state index contributed by atoms with van der Waals surface area (Å²) in [6, 6.07) is 0. The summed E-state index contributed by atoms with van der Waals surface area (Å²) in [5.74, 6) is -0.948. The first-order valence-corrected chi connectivity index (χ1v) is 30.7. The number of rotatable bonds is 51. The van der Waals surface area contributed by atoms with Crippen molar-refractivity contribution in [2.75, 3.05) is 47.5 Å². The fourth-order valence-corrected chi connectivity index (χ4v) is 7.86. The molecule has 0 bridgehead atoms. The first-order valence-electron chi connectivity index (χ1n) is 29.2. The van der Waals surface area contributed by atoms with Crippen LogP contribution in [0.25, 0.3) is 0 Å². The van der Waals surface area contributed by atoms with Gasteiger partial charge in [0.1, 0.15) is 19.8 Å². The van der Waals surface area contributed by atoms with Gasteiger partial charge in [0.15, 0.2) is 6.10 Å². The molecule has 2 atom stereocenters. The monoisotopic (exact) mass is 1070 g/mol. The van der Waals surface area contributed by atoms with Crippen LogP contribution in [0.3, 0.4) is 0 Å². The standard InChI is InChI=1S/C66H106NO8P/c1-6-8-10-12-14-16-18-20-22-24-26-27-28-29-30-31-32-33-34-35-36-37-38-39-41-43-45-47-49-51-53-55-57-59-66(69)75-64(63-74-76(70,71)73-61-60-67(3,4)5)62-72-65(68)58-56-54-52-50-48-46-44-42-40-25-23-21-19-17-15-13-11-9-7-2/h8-11,14-17,20-23,26-27,29-30,32-33,35-36,40,42,46,48,52,54,64H,6-7,12-13,18-19,24-25,28,31,34,37-39,41,43-45,47,49-51,53,55-63H2,1-5H3/b10-8-,11-9-,16-14-,17-15-,22-20-,23-21-,27-26-,30-29-,33-32-,36-35-,42-40-,48-46-,54-52-. The summed E-state index contributed by atoms with van der Waals surface area (Å²) >= 11 is 0. The third-order valence-corrected chi connectivity index (χ3v) is 12.5. The van der Waals surface area contributed by atoms with Crippen molar-refractivity contribution in [2.45, 2.75) is 200 Å². The van der Waals surface area contributed by atoms with Crippen LogP contribution in [-0.2, 0) is 32.7 Å². The molecule has 76 heavy (non-hydrogen) atoms. The number of unbranched alkanes of at least 4 members (excludes halogenated alkanes) is 11. The number of phosphoric acid groups is 1. The Labute approximate surface area is 465 Å². The minimum atomic E-state index is -4.66. The van der Waals surface area contributed by atoms with Crippen LogP contribution >= 0.6 is 7.82 Å². The second kappa shape index (κ2) is 55.4. The molecule has 2 unspecified atom stereocenters. The molecule has 0 rings (SSSR count). The Kier molecular flexibility index (Phi) is 52.2. The molecule has 0 saturated carbocycles. The van der Waals surface area contributed by atoms with Crippen LogP contribution in [0.5, 0.6) is 0 Å². The second-order valence-corrected chi connectivity index (χ2v) is 21.3. The SMILES string of the molecule is CC/C=C\C/C=C\C/C=C\C/C=C\C/C=C\C/C=C\C/C=C\CCCCCCCCCCCCCC(=O)OC(COC(=O)CC/C=C\C/C=C\C/C=C\C/C=C\C/C=C\C/C=C\CC)COP(=O)([O-])OCC[N+](C)(C)C. The highest BCUT2D eigenvalue weighted by atomic mass is 31.2. The number of esters is 2. The van der Waals surface area contributed by atoms with Crippen molar-refractivity contribution in [1.29, 1.82) is 0 Å². The van der Waals surface area contributed by atoms with E-state index in [0.717, 1.165) is 109 Å². The molecule has 0 aliphatic heterocycles. The number of likely N-dealkylation sites (N-methyl/N-ethyl adjacent to an activating group) is 1. The molecule has 10 heteroatoms. The molecule has 0 amide bonds. The lowest BCUT2D eigenvalue weighted by Gasteiger charge is -2.28. The highest BCUT2D eigenvalue weighted by molar-refractivity contribution is 7.45. The number of ether oxygens (including phenoxy) is 2. The summed E-state index contributed by atoms with van der Waals surface area (Å²) < 4.78 is 34.0. The molecule has 0 aromatic heterocycles. The lowest BCUT2D eigenvalue weighted by atomic mass is 10.0. The van der Waals surface area contributed by atoms with Crippen LogP contribution < -0.4 is 4.89 Å². The van der Waals surface area contributed by atoms with E-state index in [-0.39, 0.29) is 26.1 Å². The van der Waals surface area contributed by atoms with Crippen molar-refractivity contribution in [1.82, 2.24) is 0 Å². The van der Waals surface area contributed by atoms with Gasteiger partial charge in [-0.3, -0.25) is 14.2 Å². The van der Waals surface area contributed by atoms with Gasteiger partial charge in [-0.05, 0) is 109 Å². The van der Waals surface area contributed by atoms with Crippen LogP contribution in [0.4, 0.5) is 0 Å². The Balaban J connectivity index is 4.25. The quantitative estimate of drug-likeness (QED) is 0.0195. The van der Waals surface area contributed by atoms with Gasteiger partial charge in [0, 0.05) is 12.8 Å². The van der Waals surface area contributed by atoms with Crippen molar-refractivity contribution < 1.29 is 42.1 Å². The molecule has 0 aromatic rings. The molecule has 0 spiro atoms. The van der Waals surface area contributed by atoms with Gasteiger partial charge in [-0.15, -0.1) is 0 Å². The molecule has 0 N–H and O–H groups in total. The Morgan fingerprint density at radius 2 is 0.737 bits per heavy atom. The fourth-order valence-electron chi connectivity index (χ4n) is 7.13. The van der Waals surface area contributed by atoms with Gasteiger partial charge in [0.2, 0.25) is 0 Å². The van der Waals surface area contributed by atoms with Crippen molar-refractivity contribution in [3.05, 3.63) is 158 Å². The van der Waals surface area contributed by atoms with Gasteiger partial charge >= 0.3 is 11.9 Å².